The SMILES string of the molecule is CC(C)(C)Cc1ccc(OP(=O)(Oc2ccccc2)Oc2ccccc2)cc1. The molecule has 0 N–H and O–H groups in total. The van der Waals surface area contributed by atoms with Crippen LogP contribution in [0.3, 0.4) is 0 Å². The molecule has 3 aromatic rings. The number of hydrogen-bond acceptors (Lipinski definition) is 4. The largest absolute Gasteiger partial charge is 0.647 e. The van der Waals surface area contributed by atoms with E-state index in [1.807, 2.05) is 24.3 Å². The van der Waals surface area contributed by atoms with Crippen LogP contribution in [-0.2, 0) is 11.0 Å². The van der Waals surface area contributed by atoms with Crippen molar-refractivity contribution in [3.8, 4) is 17.2 Å². The molecule has 0 saturated heterocycles. The van der Waals surface area contributed by atoms with Crippen molar-refractivity contribution in [2.75, 3.05) is 0 Å². The Morgan fingerprint density at radius 3 is 1.43 bits per heavy atom. The zero-order valence-corrected chi connectivity index (χ0v) is 17.3. The fourth-order valence-electron chi connectivity index (χ4n) is 2.69. The molecule has 0 bridgehead atoms. The molecule has 3 aromatic carbocycles. The van der Waals surface area contributed by atoms with Gasteiger partial charge in [0, 0.05) is 0 Å². The lowest BCUT2D eigenvalue weighted by molar-refractivity contribution is 0.298. The van der Waals surface area contributed by atoms with E-state index in [2.05, 4.69) is 20.8 Å². The maximum Gasteiger partial charge on any atom is 0.647 e. The highest BCUT2D eigenvalue weighted by molar-refractivity contribution is 7.49. The van der Waals surface area contributed by atoms with Crippen LogP contribution in [0, 0.1) is 5.41 Å². The quantitative estimate of drug-likeness (QED) is 0.407. The first-order chi connectivity index (χ1) is 13.3. The molecule has 0 unspecified atom stereocenters. The molecule has 0 atom stereocenters. The smallest absolute Gasteiger partial charge is 0.386 e. The van der Waals surface area contributed by atoms with Crippen molar-refractivity contribution in [2.45, 2.75) is 27.2 Å². The Bertz CT molecular complexity index is 871. The van der Waals surface area contributed by atoms with Crippen LogP contribution in [0.15, 0.2) is 84.9 Å². The first-order valence-corrected chi connectivity index (χ1v) is 10.7. The molecule has 3 rings (SSSR count). The molecule has 4 nitrogen and oxygen atoms in total. The van der Waals surface area contributed by atoms with Crippen molar-refractivity contribution >= 4 is 7.82 Å². The normalized spacial score (nSPS) is 11.7. The molecule has 0 saturated carbocycles. The van der Waals surface area contributed by atoms with Gasteiger partial charge in [-0.05, 0) is 53.8 Å². The van der Waals surface area contributed by atoms with Gasteiger partial charge in [-0.15, -0.1) is 0 Å². The number of rotatable bonds is 7. The maximum absolute atomic E-state index is 13.4. The van der Waals surface area contributed by atoms with Gasteiger partial charge in [0.2, 0.25) is 0 Å². The summed E-state index contributed by atoms with van der Waals surface area (Å²) >= 11 is 0. The summed E-state index contributed by atoms with van der Waals surface area (Å²) in [7, 11) is -3.94. The van der Waals surface area contributed by atoms with Crippen LogP contribution >= 0.6 is 7.82 Å². The summed E-state index contributed by atoms with van der Waals surface area (Å²) in [6.45, 7) is 6.56. The summed E-state index contributed by atoms with van der Waals surface area (Å²) in [6.07, 6.45) is 0.936. The summed E-state index contributed by atoms with van der Waals surface area (Å²) in [5.74, 6) is 1.24. The zero-order valence-electron chi connectivity index (χ0n) is 16.4. The maximum atomic E-state index is 13.4. The second-order valence-electron chi connectivity index (χ2n) is 7.73. The van der Waals surface area contributed by atoms with E-state index in [1.165, 1.54) is 5.56 Å². The van der Waals surface area contributed by atoms with E-state index in [9.17, 15) is 4.57 Å². The summed E-state index contributed by atoms with van der Waals surface area (Å²) in [4.78, 5) is 0. The molecule has 146 valence electrons. The Balaban J connectivity index is 1.81. The first kappa shape index (κ1) is 20.0. The van der Waals surface area contributed by atoms with Crippen molar-refractivity contribution in [3.05, 3.63) is 90.5 Å². The minimum atomic E-state index is -3.94. The third-order valence-electron chi connectivity index (χ3n) is 3.80. The van der Waals surface area contributed by atoms with Gasteiger partial charge in [0.25, 0.3) is 0 Å². The molecule has 0 heterocycles. The van der Waals surface area contributed by atoms with E-state index >= 15 is 0 Å². The van der Waals surface area contributed by atoms with Crippen LogP contribution in [0.5, 0.6) is 17.2 Å². The molecular formula is C23H25O4P. The zero-order chi connectivity index (χ0) is 20.0. The van der Waals surface area contributed by atoms with Crippen molar-refractivity contribution < 1.29 is 18.1 Å². The van der Waals surface area contributed by atoms with Crippen LogP contribution in [-0.4, -0.2) is 0 Å². The number of hydrogen-bond donors (Lipinski definition) is 0. The third-order valence-corrected chi connectivity index (χ3v) is 5.10. The Morgan fingerprint density at radius 1 is 0.643 bits per heavy atom. The van der Waals surface area contributed by atoms with Crippen molar-refractivity contribution in [1.82, 2.24) is 0 Å². The summed E-state index contributed by atoms with van der Waals surface area (Å²) in [5, 5.41) is 0. The van der Waals surface area contributed by atoms with Crippen molar-refractivity contribution in [3.63, 3.8) is 0 Å². The molecule has 0 aliphatic carbocycles. The fourth-order valence-corrected chi connectivity index (χ4v) is 3.94. The third kappa shape index (κ3) is 6.17. The predicted octanol–water partition coefficient (Wildman–Crippen LogP) is 6.92. The second kappa shape index (κ2) is 8.53. The van der Waals surface area contributed by atoms with E-state index in [-0.39, 0.29) is 5.41 Å². The Kier molecular flexibility index (Phi) is 6.11. The minimum absolute atomic E-state index is 0.185. The molecule has 5 heteroatoms. The minimum Gasteiger partial charge on any atom is -0.386 e. The van der Waals surface area contributed by atoms with Gasteiger partial charge in [-0.3, -0.25) is 0 Å². The van der Waals surface area contributed by atoms with E-state index < -0.39 is 7.82 Å². The van der Waals surface area contributed by atoms with Crippen LogP contribution in [0.1, 0.15) is 26.3 Å². The fraction of sp³-hybridized carbons (Fsp3) is 0.217. The van der Waals surface area contributed by atoms with Gasteiger partial charge in [-0.25, -0.2) is 0 Å². The van der Waals surface area contributed by atoms with Crippen LogP contribution in [0.2, 0.25) is 0 Å². The lowest BCUT2D eigenvalue weighted by atomic mass is 9.88. The van der Waals surface area contributed by atoms with Gasteiger partial charge >= 0.3 is 7.82 Å². The Morgan fingerprint density at radius 2 is 1.04 bits per heavy atom. The van der Waals surface area contributed by atoms with Crippen molar-refractivity contribution in [1.29, 1.82) is 0 Å². The van der Waals surface area contributed by atoms with Gasteiger partial charge in [0.1, 0.15) is 17.2 Å². The molecule has 0 fully saturated rings. The van der Waals surface area contributed by atoms with E-state index in [0.717, 1.165) is 6.42 Å². The van der Waals surface area contributed by atoms with Gasteiger partial charge in [-0.1, -0.05) is 69.3 Å². The topological polar surface area (TPSA) is 44.8 Å². The van der Waals surface area contributed by atoms with Gasteiger partial charge in [0.15, 0.2) is 0 Å². The average Bonchev–Trinajstić information content (AvgIpc) is 2.63. The number of para-hydroxylation sites is 2. The standard InChI is InChI=1S/C23H25O4P/c1-23(2,3)18-19-14-16-22(17-15-19)27-28(24,25-20-10-6-4-7-11-20)26-21-12-8-5-9-13-21/h4-17H,18H2,1-3H3. The van der Waals surface area contributed by atoms with Crippen LogP contribution in [0.25, 0.3) is 0 Å². The highest BCUT2D eigenvalue weighted by Gasteiger charge is 2.33. The molecule has 0 spiro atoms. The number of phosphoric ester groups is 1. The van der Waals surface area contributed by atoms with Crippen LogP contribution < -0.4 is 13.6 Å². The molecule has 0 aromatic heterocycles. The molecule has 28 heavy (non-hydrogen) atoms. The van der Waals surface area contributed by atoms with E-state index in [4.69, 9.17) is 13.6 Å². The lowest BCUT2D eigenvalue weighted by Crippen LogP contribution is -2.09. The van der Waals surface area contributed by atoms with Gasteiger partial charge in [0.05, 0.1) is 0 Å². The van der Waals surface area contributed by atoms with Crippen LogP contribution in [0.4, 0.5) is 0 Å². The highest BCUT2D eigenvalue weighted by Crippen LogP contribution is 2.49. The molecular weight excluding hydrogens is 371 g/mol. The number of benzene rings is 3. The summed E-state index contributed by atoms with van der Waals surface area (Å²) < 4.78 is 30.3. The molecule has 0 radical (unpaired) electrons. The summed E-state index contributed by atoms with van der Waals surface area (Å²) in [5.41, 5.74) is 1.37. The predicted molar refractivity (Wildman–Crippen MR) is 112 cm³/mol. The van der Waals surface area contributed by atoms with Crippen molar-refractivity contribution in [2.24, 2.45) is 5.41 Å². The van der Waals surface area contributed by atoms with Gasteiger partial charge < -0.3 is 13.6 Å². The molecule has 0 aliphatic heterocycles. The average molecular weight is 396 g/mol. The second-order valence-corrected chi connectivity index (χ2v) is 9.17. The summed E-state index contributed by atoms with van der Waals surface area (Å²) in [6, 6.07) is 25.2. The Hall–Kier alpha value is -2.71. The Labute approximate surface area is 166 Å². The van der Waals surface area contributed by atoms with E-state index in [0.29, 0.717) is 17.2 Å². The van der Waals surface area contributed by atoms with Gasteiger partial charge in [-0.2, -0.15) is 4.57 Å². The molecule has 0 amide bonds. The lowest BCUT2D eigenvalue weighted by Gasteiger charge is -2.20. The molecule has 0 aliphatic rings. The number of phosphoric acid groups is 1. The monoisotopic (exact) mass is 396 g/mol. The highest BCUT2D eigenvalue weighted by atomic mass is 31.2. The first-order valence-electron chi connectivity index (χ1n) is 9.19. The van der Waals surface area contributed by atoms with E-state index in [1.54, 1.807) is 60.7 Å².